The summed E-state index contributed by atoms with van der Waals surface area (Å²) < 4.78 is 44.4. The van der Waals surface area contributed by atoms with Gasteiger partial charge >= 0.3 is 6.18 Å². The highest BCUT2D eigenvalue weighted by Crippen LogP contribution is 2.35. The largest absolute Gasteiger partial charge is 0.416 e. The average Bonchev–Trinajstić information content (AvgIpc) is 3.14. The Kier molecular flexibility index (Phi) is 3.57. The van der Waals surface area contributed by atoms with Crippen LogP contribution in [0.4, 0.5) is 13.2 Å². The van der Waals surface area contributed by atoms with Crippen molar-refractivity contribution >= 4 is 33.5 Å². The lowest BCUT2D eigenvalue weighted by Crippen LogP contribution is -2.05. The van der Waals surface area contributed by atoms with E-state index in [1.54, 1.807) is 22.8 Å². The van der Waals surface area contributed by atoms with Crippen LogP contribution in [0.1, 0.15) is 17.4 Å². The molecule has 2 aromatic heterocycles. The summed E-state index contributed by atoms with van der Waals surface area (Å²) in [5.41, 5.74) is 1.52. The summed E-state index contributed by atoms with van der Waals surface area (Å²) >= 11 is 1.23. The van der Waals surface area contributed by atoms with Crippen LogP contribution in [0.2, 0.25) is 0 Å². The quantitative estimate of drug-likeness (QED) is 0.523. The minimum Gasteiger partial charge on any atom is -0.364 e. The fourth-order valence-electron chi connectivity index (χ4n) is 2.88. The Balaban J connectivity index is 1.95. The number of nitrogens with zero attached hydrogens (tertiary/aromatic N) is 2. The third-order valence-corrected chi connectivity index (χ3v) is 4.68. The van der Waals surface area contributed by atoms with E-state index in [0.717, 1.165) is 28.4 Å². The molecule has 0 radical (unpaired) electrons. The molecule has 0 aliphatic heterocycles. The Labute approximate surface area is 143 Å². The monoisotopic (exact) mass is 364 g/mol. The van der Waals surface area contributed by atoms with Gasteiger partial charge in [0.15, 0.2) is 11.9 Å². The van der Waals surface area contributed by atoms with Crippen LogP contribution in [0.5, 0.6) is 0 Å². The molecular formula is C17H11F3N2O2S. The zero-order chi connectivity index (χ0) is 17.8. The third-order valence-electron chi connectivity index (χ3n) is 4.07. The molecule has 2 heterocycles. The lowest BCUT2D eigenvalue weighted by atomic mass is 10.1. The molecule has 0 unspecified atom stereocenters. The van der Waals surface area contributed by atoms with Crippen LogP contribution in [-0.4, -0.2) is 19.2 Å². The van der Waals surface area contributed by atoms with Gasteiger partial charge in [-0.15, -0.1) is 0 Å². The Morgan fingerprint density at radius 1 is 1.00 bits per heavy atom. The van der Waals surface area contributed by atoms with Gasteiger partial charge in [-0.05, 0) is 47.9 Å². The Bertz CT molecular complexity index is 1070. The minimum atomic E-state index is -4.39. The van der Waals surface area contributed by atoms with E-state index in [1.165, 1.54) is 23.7 Å². The van der Waals surface area contributed by atoms with E-state index in [0.29, 0.717) is 16.9 Å². The van der Waals surface area contributed by atoms with Crippen LogP contribution >= 0.6 is 11.5 Å². The summed E-state index contributed by atoms with van der Waals surface area (Å²) in [6.45, 7) is 0. The van der Waals surface area contributed by atoms with Gasteiger partial charge in [0.05, 0.1) is 11.1 Å². The molecule has 25 heavy (non-hydrogen) atoms. The number of hydrogen-bond donors (Lipinski definition) is 2. The van der Waals surface area contributed by atoms with Crippen molar-refractivity contribution in [3.05, 3.63) is 59.0 Å². The number of aromatic nitrogens is 2. The summed E-state index contributed by atoms with van der Waals surface area (Å²) in [7, 11) is 0. The number of aliphatic hydroxyl groups excluding tert-OH is 1. The lowest BCUT2D eigenvalue weighted by Gasteiger charge is -2.10. The molecule has 2 aromatic carbocycles. The number of benzene rings is 2. The summed E-state index contributed by atoms with van der Waals surface area (Å²) in [6, 6.07) is 9.78. The van der Waals surface area contributed by atoms with Crippen molar-refractivity contribution in [2.45, 2.75) is 12.5 Å². The highest BCUT2D eigenvalue weighted by atomic mass is 32.1. The molecule has 2 N–H and O–H groups in total. The summed E-state index contributed by atoms with van der Waals surface area (Å²) in [5.74, 6) is 0. The smallest absolute Gasteiger partial charge is 0.364 e. The lowest BCUT2D eigenvalue weighted by molar-refractivity contribution is -0.137. The maximum Gasteiger partial charge on any atom is 0.416 e. The van der Waals surface area contributed by atoms with Gasteiger partial charge in [0.25, 0.3) is 0 Å². The standard InChI is InChI=1S/C17H11F3N2O2S/c18-17(19,20)10-2-4-11(5-3-10)22-14-6-1-9(16(23)24)7-12(14)13-8-25-21-15(13)22/h1-8,16,23-24H. The fraction of sp³-hybridized carbons (Fsp3) is 0.118. The van der Waals surface area contributed by atoms with Crippen LogP contribution in [0.25, 0.3) is 27.6 Å². The van der Waals surface area contributed by atoms with Gasteiger partial charge < -0.3 is 10.2 Å². The van der Waals surface area contributed by atoms with E-state index < -0.39 is 18.0 Å². The van der Waals surface area contributed by atoms with Crippen molar-refractivity contribution in [1.82, 2.24) is 8.94 Å². The average molecular weight is 364 g/mol. The molecule has 0 fully saturated rings. The van der Waals surface area contributed by atoms with E-state index in [-0.39, 0.29) is 0 Å². The van der Waals surface area contributed by atoms with Crippen molar-refractivity contribution in [1.29, 1.82) is 0 Å². The van der Waals surface area contributed by atoms with Crippen LogP contribution in [0, 0.1) is 0 Å². The second kappa shape index (κ2) is 5.55. The van der Waals surface area contributed by atoms with Gasteiger partial charge in [0.2, 0.25) is 0 Å². The van der Waals surface area contributed by atoms with Crippen LogP contribution < -0.4 is 0 Å². The van der Waals surface area contributed by atoms with Gasteiger partial charge in [0.1, 0.15) is 0 Å². The Hall–Kier alpha value is -2.42. The molecule has 0 aliphatic carbocycles. The molecule has 0 atom stereocenters. The van der Waals surface area contributed by atoms with Crippen molar-refractivity contribution in [3.63, 3.8) is 0 Å². The Morgan fingerprint density at radius 2 is 1.72 bits per heavy atom. The highest BCUT2D eigenvalue weighted by molar-refractivity contribution is 7.05. The van der Waals surface area contributed by atoms with E-state index >= 15 is 0 Å². The first-order valence-corrected chi connectivity index (χ1v) is 8.12. The molecule has 4 rings (SSSR count). The van der Waals surface area contributed by atoms with Crippen LogP contribution in [0.15, 0.2) is 47.8 Å². The molecule has 0 spiro atoms. The summed E-state index contributed by atoms with van der Waals surface area (Å²) in [6.07, 6.45) is -5.99. The van der Waals surface area contributed by atoms with Gasteiger partial charge in [-0.25, -0.2) is 0 Å². The molecule has 0 saturated carbocycles. The van der Waals surface area contributed by atoms with E-state index in [4.69, 9.17) is 0 Å². The first-order chi connectivity index (χ1) is 11.9. The number of halogens is 3. The topological polar surface area (TPSA) is 58.3 Å². The van der Waals surface area contributed by atoms with E-state index in [2.05, 4.69) is 4.37 Å². The Morgan fingerprint density at radius 3 is 2.36 bits per heavy atom. The predicted octanol–water partition coefficient (Wildman–Crippen LogP) is 4.24. The van der Waals surface area contributed by atoms with Gasteiger partial charge in [-0.3, -0.25) is 4.57 Å². The fourth-order valence-corrected chi connectivity index (χ4v) is 3.55. The van der Waals surface area contributed by atoms with E-state index in [9.17, 15) is 23.4 Å². The van der Waals surface area contributed by atoms with Gasteiger partial charge in [-0.1, -0.05) is 6.07 Å². The second-order valence-corrected chi connectivity index (χ2v) is 6.21. The molecule has 8 heteroatoms. The SMILES string of the molecule is OC(O)c1ccc2c(c1)c1csnc1n2-c1ccc(C(F)(F)F)cc1. The number of fused-ring (bicyclic) bond motifs is 3. The third kappa shape index (κ3) is 2.58. The van der Waals surface area contributed by atoms with Gasteiger partial charge in [0, 0.05) is 27.4 Å². The summed E-state index contributed by atoms with van der Waals surface area (Å²) in [4.78, 5) is 0. The minimum absolute atomic E-state index is 0.338. The number of rotatable bonds is 2. The molecule has 0 saturated heterocycles. The molecule has 0 aliphatic rings. The summed E-state index contributed by atoms with van der Waals surface area (Å²) in [5, 5.41) is 22.1. The number of aliphatic hydroxyl groups is 2. The highest BCUT2D eigenvalue weighted by Gasteiger charge is 2.30. The van der Waals surface area contributed by atoms with Crippen molar-refractivity contribution < 1.29 is 23.4 Å². The molecular weight excluding hydrogens is 353 g/mol. The first-order valence-electron chi connectivity index (χ1n) is 7.28. The zero-order valence-corrected chi connectivity index (χ0v) is 13.3. The van der Waals surface area contributed by atoms with Gasteiger partial charge in [-0.2, -0.15) is 17.5 Å². The molecule has 128 valence electrons. The second-order valence-electron chi connectivity index (χ2n) is 5.58. The van der Waals surface area contributed by atoms with Crippen LogP contribution in [-0.2, 0) is 6.18 Å². The number of hydrogen-bond acceptors (Lipinski definition) is 4. The predicted molar refractivity (Wildman–Crippen MR) is 88.6 cm³/mol. The maximum absolute atomic E-state index is 12.8. The molecule has 0 amide bonds. The van der Waals surface area contributed by atoms with Crippen molar-refractivity contribution in [3.8, 4) is 5.69 Å². The molecule has 0 bridgehead atoms. The molecule has 4 nitrogen and oxygen atoms in total. The normalized spacial score (nSPS) is 12.6. The van der Waals surface area contributed by atoms with Crippen molar-refractivity contribution in [2.24, 2.45) is 0 Å². The first kappa shape index (κ1) is 16.1. The van der Waals surface area contributed by atoms with Crippen molar-refractivity contribution in [2.75, 3.05) is 0 Å². The number of alkyl halides is 3. The maximum atomic E-state index is 12.8. The van der Waals surface area contributed by atoms with Crippen LogP contribution in [0.3, 0.4) is 0 Å². The van der Waals surface area contributed by atoms with E-state index in [1.807, 2.05) is 5.38 Å². The zero-order valence-electron chi connectivity index (χ0n) is 12.5. The molecule has 4 aromatic rings.